The molecule has 3 rings (SSSR count). The highest BCUT2D eigenvalue weighted by Gasteiger charge is 2.33. The number of hydrogen-bond acceptors (Lipinski definition) is 4. The summed E-state index contributed by atoms with van der Waals surface area (Å²) in [6.45, 7) is 9.27. The first kappa shape index (κ1) is 21.6. The average Bonchev–Trinajstić information content (AvgIpc) is 2.69. The predicted octanol–water partition coefficient (Wildman–Crippen LogP) is 3.58. The Balaban J connectivity index is 1.62. The van der Waals surface area contributed by atoms with Gasteiger partial charge in [0.05, 0.1) is 12.6 Å². The lowest BCUT2D eigenvalue weighted by Crippen LogP contribution is -2.45. The number of fused-ring (bicyclic) bond motifs is 1. The first-order valence-electron chi connectivity index (χ1n) is 10.4. The summed E-state index contributed by atoms with van der Waals surface area (Å²) in [5.41, 5.74) is 1.90. The van der Waals surface area contributed by atoms with Crippen molar-refractivity contribution < 1.29 is 9.53 Å². The van der Waals surface area contributed by atoms with Crippen molar-refractivity contribution in [3.8, 4) is 5.75 Å². The van der Waals surface area contributed by atoms with Crippen molar-refractivity contribution in [3.05, 3.63) is 53.7 Å². The van der Waals surface area contributed by atoms with Gasteiger partial charge in [-0.05, 0) is 45.4 Å². The highest BCUT2D eigenvalue weighted by molar-refractivity contribution is 5.90. The van der Waals surface area contributed by atoms with E-state index < -0.39 is 0 Å². The second-order valence-corrected chi connectivity index (χ2v) is 8.08. The summed E-state index contributed by atoms with van der Waals surface area (Å²) in [6, 6.07) is 11.9. The van der Waals surface area contributed by atoms with E-state index in [1.54, 1.807) is 12.3 Å². The van der Waals surface area contributed by atoms with E-state index in [2.05, 4.69) is 45.8 Å². The molecular weight excluding hydrogens is 378 g/mol. The molecule has 1 atom stereocenters. The number of nitrogens with zero attached hydrogens (tertiary/aromatic N) is 2. The zero-order valence-corrected chi connectivity index (χ0v) is 18.2. The van der Waals surface area contributed by atoms with E-state index in [4.69, 9.17) is 4.74 Å². The van der Waals surface area contributed by atoms with Gasteiger partial charge in [0.15, 0.2) is 5.96 Å². The molecule has 7 heteroatoms. The molecule has 1 amide bonds. The van der Waals surface area contributed by atoms with Gasteiger partial charge >= 0.3 is 0 Å². The number of amides is 1. The van der Waals surface area contributed by atoms with Crippen LogP contribution in [0.25, 0.3) is 0 Å². The van der Waals surface area contributed by atoms with Crippen LogP contribution >= 0.6 is 0 Å². The van der Waals surface area contributed by atoms with Gasteiger partial charge in [-0.25, -0.2) is 4.98 Å². The van der Waals surface area contributed by atoms with Gasteiger partial charge in [-0.1, -0.05) is 24.3 Å². The molecule has 2 heterocycles. The van der Waals surface area contributed by atoms with Gasteiger partial charge in [0.2, 0.25) is 5.91 Å². The number of benzene rings is 1. The molecule has 0 radical (unpaired) electrons. The molecule has 30 heavy (non-hydrogen) atoms. The molecule has 1 aromatic heterocycles. The minimum absolute atomic E-state index is 0.0772. The summed E-state index contributed by atoms with van der Waals surface area (Å²) in [5.74, 6) is 2.03. The Labute approximate surface area is 178 Å². The summed E-state index contributed by atoms with van der Waals surface area (Å²) >= 11 is 0. The number of aromatic nitrogens is 1. The molecular formula is C23H31N5O2. The van der Waals surface area contributed by atoms with Crippen LogP contribution in [0.2, 0.25) is 0 Å². The number of carbonyl (C=O) groups excluding carboxylic acids is 1. The van der Waals surface area contributed by atoms with Gasteiger partial charge in [0.25, 0.3) is 0 Å². The molecule has 0 saturated heterocycles. The van der Waals surface area contributed by atoms with E-state index in [9.17, 15) is 4.79 Å². The normalized spacial score (nSPS) is 17.5. The molecule has 1 aliphatic rings. The standard InChI is InChI=1S/C23H31N5O2/c1-5-24-22(25-13-12-21(29)28-20-11-10-16(2)15-26-20)27-18-14-23(3,4)30-19-9-7-6-8-17(18)19/h6-11,15,18H,5,12-14H2,1-4H3,(H2,24,25,27)(H,26,28,29). The van der Waals surface area contributed by atoms with Crippen LogP contribution in [0.4, 0.5) is 5.82 Å². The smallest absolute Gasteiger partial charge is 0.227 e. The van der Waals surface area contributed by atoms with Crippen LogP contribution in [-0.4, -0.2) is 35.5 Å². The number of anilines is 1. The lowest BCUT2D eigenvalue weighted by atomic mass is 9.90. The number of ether oxygens (including phenoxy) is 1. The van der Waals surface area contributed by atoms with Crippen molar-refractivity contribution in [1.82, 2.24) is 15.6 Å². The van der Waals surface area contributed by atoms with Gasteiger partial charge in [-0.2, -0.15) is 0 Å². The Kier molecular flexibility index (Phi) is 6.92. The maximum Gasteiger partial charge on any atom is 0.227 e. The third kappa shape index (κ3) is 5.95. The maximum absolute atomic E-state index is 12.2. The summed E-state index contributed by atoms with van der Waals surface area (Å²) < 4.78 is 6.11. The largest absolute Gasteiger partial charge is 0.487 e. The Bertz CT molecular complexity index is 893. The van der Waals surface area contributed by atoms with Crippen LogP contribution in [0.3, 0.4) is 0 Å². The molecule has 160 valence electrons. The van der Waals surface area contributed by atoms with Crippen molar-refractivity contribution >= 4 is 17.7 Å². The number of rotatable bonds is 6. The fourth-order valence-electron chi connectivity index (χ4n) is 3.43. The fraction of sp³-hybridized carbons (Fsp3) is 0.435. The summed E-state index contributed by atoms with van der Waals surface area (Å²) in [6.07, 6.45) is 2.82. The summed E-state index contributed by atoms with van der Waals surface area (Å²) in [5, 5.41) is 9.59. The van der Waals surface area contributed by atoms with E-state index in [0.29, 0.717) is 18.3 Å². The first-order valence-corrected chi connectivity index (χ1v) is 10.4. The Morgan fingerprint density at radius 2 is 2.07 bits per heavy atom. The lowest BCUT2D eigenvalue weighted by molar-refractivity contribution is -0.116. The predicted molar refractivity (Wildman–Crippen MR) is 120 cm³/mol. The number of aliphatic imine (C=N–C) groups is 1. The number of guanidine groups is 1. The number of hydrogen-bond donors (Lipinski definition) is 3. The number of para-hydroxylation sites is 1. The molecule has 1 unspecified atom stereocenters. The molecule has 0 spiro atoms. The zero-order valence-electron chi connectivity index (χ0n) is 18.2. The molecule has 2 aromatic rings. The van der Waals surface area contributed by atoms with Gasteiger partial charge < -0.3 is 20.7 Å². The minimum Gasteiger partial charge on any atom is -0.487 e. The average molecular weight is 410 g/mol. The monoisotopic (exact) mass is 409 g/mol. The summed E-state index contributed by atoms with van der Waals surface area (Å²) in [7, 11) is 0. The molecule has 0 bridgehead atoms. The second-order valence-electron chi connectivity index (χ2n) is 8.08. The van der Waals surface area contributed by atoms with E-state index in [1.165, 1.54) is 0 Å². The molecule has 0 fully saturated rings. The molecule has 1 aromatic carbocycles. The van der Waals surface area contributed by atoms with Crippen LogP contribution in [0.15, 0.2) is 47.6 Å². The van der Waals surface area contributed by atoms with E-state index in [1.807, 2.05) is 38.1 Å². The Morgan fingerprint density at radius 1 is 1.27 bits per heavy atom. The van der Waals surface area contributed by atoms with Gasteiger partial charge in [-0.15, -0.1) is 0 Å². The van der Waals surface area contributed by atoms with E-state index in [0.717, 1.165) is 29.8 Å². The zero-order chi connectivity index (χ0) is 21.6. The third-order valence-corrected chi connectivity index (χ3v) is 4.82. The fourth-order valence-corrected chi connectivity index (χ4v) is 3.43. The molecule has 3 N–H and O–H groups in total. The number of nitrogens with one attached hydrogen (secondary N) is 3. The number of carbonyl (C=O) groups is 1. The summed E-state index contributed by atoms with van der Waals surface area (Å²) in [4.78, 5) is 21.0. The third-order valence-electron chi connectivity index (χ3n) is 4.82. The van der Waals surface area contributed by atoms with Crippen molar-refractivity contribution in [1.29, 1.82) is 0 Å². The van der Waals surface area contributed by atoms with Crippen molar-refractivity contribution in [2.75, 3.05) is 18.4 Å². The number of pyridine rings is 1. The molecule has 1 aliphatic heterocycles. The quantitative estimate of drug-likeness (QED) is 0.501. The second kappa shape index (κ2) is 9.61. The van der Waals surface area contributed by atoms with Crippen LogP contribution in [0.5, 0.6) is 5.75 Å². The Morgan fingerprint density at radius 3 is 2.80 bits per heavy atom. The molecule has 7 nitrogen and oxygen atoms in total. The highest BCUT2D eigenvalue weighted by atomic mass is 16.5. The molecule has 0 saturated carbocycles. The van der Waals surface area contributed by atoms with Gasteiger partial charge in [0, 0.05) is 31.1 Å². The van der Waals surface area contributed by atoms with Crippen molar-refractivity contribution in [2.24, 2.45) is 4.99 Å². The van der Waals surface area contributed by atoms with Crippen LogP contribution in [-0.2, 0) is 4.79 Å². The van der Waals surface area contributed by atoms with Crippen molar-refractivity contribution in [3.63, 3.8) is 0 Å². The Hall–Kier alpha value is -3.09. The van der Waals surface area contributed by atoms with Crippen LogP contribution in [0.1, 0.15) is 50.8 Å². The van der Waals surface area contributed by atoms with Crippen molar-refractivity contribution in [2.45, 2.75) is 52.2 Å². The SMILES string of the molecule is CCNC(=NCCC(=O)Nc1ccc(C)cn1)NC1CC(C)(C)Oc2ccccc21. The minimum atomic E-state index is -0.274. The van der Waals surface area contributed by atoms with Crippen LogP contribution in [0, 0.1) is 6.92 Å². The van der Waals surface area contributed by atoms with Gasteiger partial charge in [0.1, 0.15) is 17.2 Å². The van der Waals surface area contributed by atoms with E-state index in [-0.39, 0.29) is 24.0 Å². The van der Waals surface area contributed by atoms with Gasteiger partial charge in [-0.3, -0.25) is 9.79 Å². The lowest BCUT2D eigenvalue weighted by Gasteiger charge is -2.38. The number of aryl methyl sites for hydroxylation is 1. The van der Waals surface area contributed by atoms with E-state index >= 15 is 0 Å². The first-order chi connectivity index (χ1) is 14.4. The van der Waals surface area contributed by atoms with Crippen LogP contribution < -0.4 is 20.7 Å². The highest BCUT2D eigenvalue weighted by Crippen LogP contribution is 2.39. The molecule has 0 aliphatic carbocycles. The topological polar surface area (TPSA) is 87.6 Å². The maximum atomic E-state index is 12.2.